The first-order valence-electron chi connectivity index (χ1n) is 12.1. The van der Waals surface area contributed by atoms with Crippen LogP contribution in [0.3, 0.4) is 0 Å². The van der Waals surface area contributed by atoms with Crippen LogP contribution in [0.4, 0.5) is 5.82 Å². The molecule has 1 aromatic carbocycles. The molecule has 0 N–H and O–H groups in total. The van der Waals surface area contributed by atoms with Gasteiger partial charge < -0.3 is 19.1 Å². The molecule has 10 heteroatoms. The zero-order valence-corrected chi connectivity index (χ0v) is 20.9. The summed E-state index contributed by atoms with van der Waals surface area (Å²) in [5.74, 6) is 1.45. The molecule has 4 heterocycles. The predicted molar refractivity (Wildman–Crippen MR) is 135 cm³/mol. The number of methoxy groups -OCH3 is 1. The van der Waals surface area contributed by atoms with Crippen LogP contribution in [-0.4, -0.2) is 69.5 Å². The molecule has 0 bridgehead atoms. The number of morpholine rings is 1. The van der Waals surface area contributed by atoms with Gasteiger partial charge in [0.1, 0.15) is 5.82 Å². The number of benzene rings is 1. The van der Waals surface area contributed by atoms with Gasteiger partial charge in [-0.05, 0) is 30.2 Å². The smallest absolute Gasteiger partial charge is 0.320 e. The van der Waals surface area contributed by atoms with Gasteiger partial charge in [-0.15, -0.1) is 0 Å². The molecule has 36 heavy (non-hydrogen) atoms. The molecule has 1 aliphatic rings. The highest BCUT2D eigenvalue weighted by molar-refractivity contribution is 5.60. The van der Waals surface area contributed by atoms with Gasteiger partial charge in [-0.25, -0.2) is 4.68 Å². The number of hydrogen-bond donors (Lipinski definition) is 0. The summed E-state index contributed by atoms with van der Waals surface area (Å²) in [6.45, 7) is 5.34. The number of aryl methyl sites for hydroxylation is 1. The monoisotopic (exact) mass is 489 g/mol. The standard InChI is InChI=1S/C26H31N7O3/c1-19(34-3)21-5-4-6-22(15-21)23-7-9-33(30-23)25-16-24(32-10-13-35-14-11-32)28-26(29-25)36-12-8-20-17-27-31(2)18-20/h4-7,9,15-19H,8,10-14H2,1-3H3. The van der Waals surface area contributed by atoms with Crippen LogP contribution in [0, 0.1) is 0 Å². The number of nitrogens with zero attached hydrogens (tertiary/aromatic N) is 7. The third-order valence-corrected chi connectivity index (χ3v) is 6.22. The molecule has 5 rings (SSSR count). The maximum Gasteiger partial charge on any atom is 0.320 e. The molecule has 1 atom stereocenters. The van der Waals surface area contributed by atoms with Crippen molar-refractivity contribution in [1.82, 2.24) is 29.5 Å². The lowest BCUT2D eigenvalue weighted by atomic mass is 10.1. The molecule has 1 saturated heterocycles. The van der Waals surface area contributed by atoms with Gasteiger partial charge in [0.15, 0.2) is 5.82 Å². The number of anilines is 1. The van der Waals surface area contributed by atoms with Crippen LogP contribution in [0.15, 0.2) is 55.0 Å². The fourth-order valence-corrected chi connectivity index (χ4v) is 4.09. The minimum Gasteiger partial charge on any atom is -0.463 e. The van der Waals surface area contributed by atoms with Crippen molar-refractivity contribution in [2.24, 2.45) is 7.05 Å². The second-order valence-corrected chi connectivity index (χ2v) is 8.74. The normalized spacial score (nSPS) is 14.7. The summed E-state index contributed by atoms with van der Waals surface area (Å²) < 4.78 is 20.5. The fourth-order valence-electron chi connectivity index (χ4n) is 4.09. The van der Waals surface area contributed by atoms with E-state index in [9.17, 15) is 0 Å². The van der Waals surface area contributed by atoms with Gasteiger partial charge in [-0.1, -0.05) is 18.2 Å². The SMILES string of the molecule is COC(C)c1cccc(-c2ccn(-c3cc(N4CCOCC4)nc(OCCc4cnn(C)c4)n3)n2)c1. The molecule has 1 unspecified atom stereocenters. The molecule has 0 amide bonds. The van der Waals surface area contributed by atoms with Gasteiger partial charge >= 0.3 is 6.01 Å². The van der Waals surface area contributed by atoms with E-state index in [0.717, 1.165) is 47.7 Å². The van der Waals surface area contributed by atoms with Crippen LogP contribution in [0.1, 0.15) is 24.2 Å². The molecule has 1 fully saturated rings. The average molecular weight is 490 g/mol. The first-order valence-corrected chi connectivity index (χ1v) is 12.1. The highest BCUT2D eigenvalue weighted by Crippen LogP contribution is 2.25. The number of rotatable bonds is 9. The molecular weight excluding hydrogens is 458 g/mol. The van der Waals surface area contributed by atoms with Crippen LogP contribution in [0.5, 0.6) is 6.01 Å². The lowest BCUT2D eigenvalue weighted by Gasteiger charge is -2.28. The van der Waals surface area contributed by atoms with E-state index in [1.165, 1.54) is 0 Å². The van der Waals surface area contributed by atoms with Crippen LogP contribution in [0.25, 0.3) is 17.1 Å². The summed E-state index contributed by atoms with van der Waals surface area (Å²) in [5.41, 5.74) is 4.07. The lowest BCUT2D eigenvalue weighted by molar-refractivity contribution is 0.119. The minimum absolute atomic E-state index is 0.0105. The van der Waals surface area contributed by atoms with Crippen LogP contribution >= 0.6 is 0 Å². The van der Waals surface area contributed by atoms with Crippen molar-refractivity contribution in [2.75, 3.05) is 44.9 Å². The van der Waals surface area contributed by atoms with E-state index in [1.54, 1.807) is 16.5 Å². The van der Waals surface area contributed by atoms with Crippen molar-refractivity contribution in [1.29, 1.82) is 0 Å². The van der Waals surface area contributed by atoms with Crippen molar-refractivity contribution in [3.63, 3.8) is 0 Å². The van der Waals surface area contributed by atoms with Gasteiger partial charge in [-0.2, -0.15) is 20.2 Å². The Morgan fingerprint density at radius 3 is 2.69 bits per heavy atom. The topological polar surface area (TPSA) is 92.3 Å². The number of aromatic nitrogens is 6. The Kier molecular flexibility index (Phi) is 7.24. The number of hydrogen-bond acceptors (Lipinski definition) is 8. The maximum atomic E-state index is 5.99. The number of ether oxygens (including phenoxy) is 3. The molecule has 0 spiro atoms. The molecule has 3 aromatic heterocycles. The van der Waals surface area contributed by atoms with E-state index >= 15 is 0 Å². The molecule has 0 aliphatic carbocycles. The Balaban J connectivity index is 1.40. The summed E-state index contributed by atoms with van der Waals surface area (Å²) in [7, 11) is 3.61. The quantitative estimate of drug-likeness (QED) is 0.354. The first-order chi connectivity index (χ1) is 17.6. The fraction of sp³-hybridized carbons (Fsp3) is 0.385. The summed E-state index contributed by atoms with van der Waals surface area (Å²) in [4.78, 5) is 11.5. The van der Waals surface area contributed by atoms with Gasteiger partial charge in [-0.3, -0.25) is 4.68 Å². The Labute approximate surface area is 210 Å². The van der Waals surface area contributed by atoms with Gasteiger partial charge in [0.25, 0.3) is 0 Å². The van der Waals surface area contributed by atoms with Gasteiger partial charge in [0.2, 0.25) is 0 Å². The Hall–Kier alpha value is -3.76. The summed E-state index contributed by atoms with van der Waals surface area (Å²) in [6.07, 6.45) is 6.46. The first kappa shape index (κ1) is 24.0. The Bertz CT molecular complexity index is 1300. The molecule has 0 saturated carbocycles. The second-order valence-electron chi connectivity index (χ2n) is 8.74. The second kappa shape index (κ2) is 10.9. The molecular formula is C26H31N7O3. The van der Waals surface area contributed by atoms with E-state index < -0.39 is 0 Å². The summed E-state index contributed by atoms with van der Waals surface area (Å²) in [6, 6.07) is 12.5. The van der Waals surface area contributed by atoms with Crippen molar-refractivity contribution in [2.45, 2.75) is 19.4 Å². The van der Waals surface area contributed by atoms with Crippen molar-refractivity contribution in [3.8, 4) is 23.1 Å². The zero-order valence-electron chi connectivity index (χ0n) is 20.9. The van der Waals surface area contributed by atoms with E-state index in [-0.39, 0.29) is 6.10 Å². The molecule has 1 aliphatic heterocycles. The van der Waals surface area contributed by atoms with Crippen LogP contribution in [-0.2, 0) is 22.9 Å². The van der Waals surface area contributed by atoms with E-state index in [1.807, 2.05) is 56.8 Å². The third kappa shape index (κ3) is 5.55. The summed E-state index contributed by atoms with van der Waals surface area (Å²) in [5, 5.41) is 9.02. The van der Waals surface area contributed by atoms with Crippen LogP contribution < -0.4 is 9.64 Å². The van der Waals surface area contributed by atoms with E-state index in [0.29, 0.717) is 31.6 Å². The molecule has 0 radical (unpaired) electrons. The predicted octanol–water partition coefficient (Wildman–Crippen LogP) is 3.23. The van der Waals surface area contributed by atoms with Crippen molar-refractivity contribution in [3.05, 3.63) is 66.1 Å². The zero-order chi connectivity index (χ0) is 24.9. The van der Waals surface area contributed by atoms with Crippen molar-refractivity contribution < 1.29 is 14.2 Å². The average Bonchev–Trinajstić information content (AvgIpc) is 3.58. The van der Waals surface area contributed by atoms with Crippen LogP contribution in [0.2, 0.25) is 0 Å². The van der Waals surface area contributed by atoms with Gasteiger partial charge in [0, 0.05) is 57.7 Å². The molecule has 188 valence electrons. The summed E-state index contributed by atoms with van der Waals surface area (Å²) >= 11 is 0. The van der Waals surface area contributed by atoms with E-state index in [2.05, 4.69) is 32.1 Å². The Morgan fingerprint density at radius 2 is 1.92 bits per heavy atom. The largest absolute Gasteiger partial charge is 0.463 e. The lowest BCUT2D eigenvalue weighted by Crippen LogP contribution is -2.37. The van der Waals surface area contributed by atoms with Gasteiger partial charge in [0.05, 0.1) is 37.8 Å². The molecule has 10 nitrogen and oxygen atoms in total. The third-order valence-electron chi connectivity index (χ3n) is 6.22. The maximum absolute atomic E-state index is 5.99. The highest BCUT2D eigenvalue weighted by atomic mass is 16.5. The Morgan fingerprint density at radius 1 is 1.08 bits per heavy atom. The van der Waals surface area contributed by atoms with E-state index in [4.69, 9.17) is 19.3 Å². The minimum atomic E-state index is 0.0105. The molecule has 4 aromatic rings. The highest BCUT2D eigenvalue weighted by Gasteiger charge is 2.17. The van der Waals surface area contributed by atoms with Crippen molar-refractivity contribution >= 4 is 5.82 Å².